The second-order valence-corrected chi connectivity index (χ2v) is 6.01. The first kappa shape index (κ1) is 14.0. The number of rotatable bonds is 5. The maximum absolute atomic E-state index is 12.4. The van der Waals surface area contributed by atoms with E-state index in [9.17, 15) is 9.59 Å². The maximum Gasteiger partial charge on any atom is 0.303 e. The third kappa shape index (κ3) is 3.40. The van der Waals surface area contributed by atoms with Gasteiger partial charge in [-0.3, -0.25) is 14.7 Å². The molecule has 1 aromatic heterocycles. The molecule has 21 heavy (non-hydrogen) atoms. The molecular weight excluding hydrogens is 272 g/mol. The Morgan fingerprint density at radius 3 is 2.86 bits per heavy atom. The Balaban J connectivity index is 1.59. The quantitative estimate of drug-likeness (QED) is 0.854. The molecule has 1 amide bonds. The van der Waals surface area contributed by atoms with Crippen LogP contribution in [0.15, 0.2) is 0 Å². The molecule has 1 atom stereocenters. The first-order valence-corrected chi connectivity index (χ1v) is 7.57. The Morgan fingerprint density at radius 2 is 2.14 bits per heavy atom. The molecule has 1 aliphatic heterocycles. The van der Waals surface area contributed by atoms with Gasteiger partial charge < -0.3 is 10.0 Å². The molecule has 2 fully saturated rings. The average Bonchev–Trinajstić information content (AvgIpc) is 3.22. The van der Waals surface area contributed by atoms with Crippen LogP contribution in [0.2, 0.25) is 0 Å². The number of carbonyl (C=O) groups excluding carboxylic acids is 1. The molecule has 1 aliphatic carbocycles. The van der Waals surface area contributed by atoms with Gasteiger partial charge in [-0.1, -0.05) is 0 Å². The van der Waals surface area contributed by atoms with Gasteiger partial charge in [-0.05, 0) is 38.0 Å². The maximum atomic E-state index is 12.4. The van der Waals surface area contributed by atoms with E-state index in [4.69, 9.17) is 5.11 Å². The Labute approximate surface area is 122 Å². The Morgan fingerprint density at radius 1 is 1.33 bits per heavy atom. The molecule has 0 aromatic carbocycles. The number of nitrogens with zero attached hydrogens (tertiary/aromatic N) is 3. The highest BCUT2D eigenvalue weighted by Crippen LogP contribution is 2.37. The van der Waals surface area contributed by atoms with E-state index in [1.165, 1.54) is 0 Å². The van der Waals surface area contributed by atoms with E-state index in [-0.39, 0.29) is 24.1 Å². The lowest BCUT2D eigenvalue weighted by Gasteiger charge is -2.31. The van der Waals surface area contributed by atoms with Crippen LogP contribution < -0.4 is 0 Å². The lowest BCUT2D eigenvalue weighted by atomic mass is 9.93. The monoisotopic (exact) mass is 292 g/mol. The fourth-order valence-electron chi connectivity index (χ4n) is 2.86. The van der Waals surface area contributed by atoms with Gasteiger partial charge in [0.05, 0.1) is 0 Å². The highest BCUT2D eigenvalue weighted by atomic mass is 16.4. The Bertz CT molecular complexity index is 538. The van der Waals surface area contributed by atoms with Gasteiger partial charge in [0.15, 0.2) is 0 Å². The van der Waals surface area contributed by atoms with Crippen molar-refractivity contribution in [3.05, 3.63) is 11.6 Å². The van der Waals surface area contributed by atoms with E-state index in [1.807, 2.05) is 0 Å². The number of amides is 1. The number of aliphatic carboxylic acids is 1. The van der Waals surface area contributed by atoms with Crippen LogP contribution >= 0.6 is 0 Å². The van der Waals surface area contributed by atoms with Crippen LogP contribution in [0.3, 0.4) is 0 Å². The zero-order valence-electron chi connectivity index (χ0n) is 11.9. The molecule has 1 saturated heterocycles. The topological polar surface area (TPSA) is 99.2 Å². The van der Waals surface area contributed by atoms with E-state index >= 15 is 0 Å². The van der Waals surface area contributed by atoms with Gasteiger partial charge in [0.2, 0.25) is 5.82 Å². The standard InChI is InChI=1S/C14H20N4O3/c19-11(20)6-3-9-2-1-7-18(8-9)14(21)13-15-12(16-17-13)10-4-5-10/h9-10H,1-8H2,(H,19,20)(H,15,16,17). The fraction of sp³-hybridized carbons (Fsp3) is 0.714. The summed E-state index contributed by atoms with van der Waals surface area (Å²) < 4.78 is 0. The minimum atomic E-state index is -0.776. The van der Waals surface area contributed by atoms with Crippen LogP contribution in [-0.4, -0.2) is 50.2 Å². The number of aromatic amines is 1. The van der Waals surface area contributed by atoms with Gasteiger partial charge in [-0.2, -0.15) is 0 Å². The summed E-state index contributed by atoms with van der Waals surface area (Å²) in [5.74, 6) is 0.859. The molecule has 2 N–H and O–H groups in total. The average molecular weight is 292 g/mol. The van der Waals surface area contributed by atoms with Crippen molar-refractivity contribution < 1.29 is 14.7 Å². The number of nitrogens with one attached hydrogen (secondary N) is 1. The van der Waals surface area contributed by atoms with Crippen molar-refractivity contribution in [1.29, 1.82) is 0 Å². The molecule has 114 valence electrons. The third-order valence-electron chi connectivity index (χ3n) is 4.23. The molecule has 2 aliphatic rings. The summed E-state index contributed by atoms with van der Waals surface area (Å²) in [4.78, 5) is 29.1. The molecule has 0 spiro atoms. The molecule has 7 nitrogen and oxygen atoms in total. The highest BCUT2D eigenvalue weighted by molar-refractivity contribution is 5.90. The largest absolute Gasteiger partial charge is 0.481 e. The van der Waals surface area contributed by atoms with Crippen LogP contribution in [-0.2, 0) is 4.79 Å². The second kappa shape index (κ2) is 5.83. The summed E-state index contributed by atoms with van der Waals surface area (Å²) in [6.45, 7) is 1.31. The van der Waals surface area contributed by atoms with Gasteiger partial charge in [-0.15, -0.1) is 5.10 Å². The number of H-pyrrole nitrogens is 1. The number of carboxylic acids is 1. The molecule has 1 aromatic rings. The lowest BCUT2D eigenvalue weighted by molar-refractivity contribution is -0.137. The van der Waals surface area contributed by atoms with Crippen molar-refractivity contribution >= 4 is 11.9 Å². The molecular formula is C14H20N4O3. The van der Waals surface area contributed by atoms with E-state index in [0.29, 0.717) is 25.4 Å². The van der Waals surface area contributed by atoms with Crippen molar-refractivity contribution in [3.63, 3.8) is 0 Å². The number of likely N-dealkylation sites (tertiary alicyclic amines) is 1. The van der Waals surface area contributed by atoms with Gasteiger partial charge in [0, 0.05) is 25.4 Å². The minimum Gasteiger partial charge on any atom is -0.481 e. The summed E-state index contributed by atoms with van der Waals surface area (Å²) in [5.41, 5.74) is 0. The number of hydrogen-bond acceptors (Lipinski definition) is 4. The smallest absolute Gasteiger partial charge is 0.303 e. The molecule has 0 bridgehead atoms. The normalized spacial score (nSPS) is 22.3. The number of hydrogen-bond donors (Lipinski definition) is 2. The number of aromatic nitrogens is 3. The Hall–Kier alpha value is -1.92. The predicted molar refractivity (Wildman–Crippen MR) is 73.9 cm³/mol. The highest BCUT2D eigenvalue weighted by Gasteiger charge is 2.30. The molecule has 0 radical (unpaired) electrons. The van der Waals surface area contributed by atoms with E-state index in [0.717, 1.165) is 31.5 Å². The van der Waals surface area contributed by atoms with E-state index in [1.54, 1.807) is 4.90 Å². The lowest BCUT2D eigenvalue weighted by Crippen LogP contribution is -2.40. The first-order chi connectivity index (χ1) is 10.1. The number of carboxylic acid groups (broad SMARTS) is 1. The Kier molecular flexibility index (Phi) is 3.90. The van der Waals surface area contributed by atoms with Crippen molar-refractivity contribution in [1.82, 2.24) is 20.1 Å². The summed E-state index contributed by atoms with van der Waals surface area (Å²) in [6.07, 6.45) is 4.92. The van der Waals surface area contributed by atoms with E-state index in [2.05, 4.69) is 15.2 Å². The zero-order valence-corrected chi connectivity index (χ0v) is 11.9. The summed E-state index contributed by atoms with van der Waals surface area (Å²) in [7, 11) is 0. The van der Waals surface area contributed by atoms with Gasteiger partial charge in [0.1, 0.15) is 5.82 Å². The van der Waals surface area contributed by atoms with Crippen LogP contribution in [0.25, 0.3) is 0 Å². The molecule has 1 saturated carbocycles. The molecule has 2 heterocycles. The van der Waals surface area contributed by atoms with Crippen LogP contribution in [0.5, 0.6) is 0 Å². The minimum absolute atomic E-state index is 0.141. The van der Waals surface area contributed by atoms with Crippen molar-refractivity contribution in [2.45, 2.75) is 44.4 Å². The SMILES string of the molecule is O=C(O)CCC1CCCN(C(=O)c2n[nH]c(C3CC3)n2)C1. The molecule has 7 heteroatoms. The first-order valence-electron chi connectivity index (χ1n) is 7.57. The van der Waals surface area contributed by atoms with Crippen LogP contribution in [0, 0.1) is 5.92 Å². The van der Waals surface area contributed by atoms with Crippen molar-refractivity contribution in [3.8, 4) is 0 Å². The van der Waals surface area contributed by atoms with Crippen molar-refractivity contribution in [2.75, 3.05) is 13.1 Å². The fourth-order valence-corrected chi connectivity index (χ4v) is 2.86. The summed E-state index contributed by atoms with van der Waals surface area (Å²) >= 11 is 0. The van der Waals surface area contributed by atoms with Crippen LogP contribution in [0.4, 0.5) is 0 Å². The van der Waals surface area contributed by atoms with Crippen molar-refractivity contribution in [2.24, 2.45) is 5.92 Å². The van der Waals surface area contributed by atoms with Gasteiger partial charge >= 0.3 is 5.97 Å². The molecule has 1 unspecified atom stereocenters. The number of carbonyl (C=O) groups is 2. The second-order valence-electron chi connectivity index (χ2n) is 6.01. The molecule has 3 rings (SSSR count). The van der Waals surface area contributed by atoms with Gasteiger partial charge in [0.25, 0.3) is 5.91 Å². The van der Waals surface area contributed by atoms with Crippen LogP contribution in [0.1, 0.15) is 60.9 Å². The predicted octanol–water partition coefficient (Wildman–Crippen LogP) is 1.40. The summed E-state index contributed by atoms with van der Waals surface area (Å²) in [6, 6.07) is 0. The third-order valence-corrected chi connectivity index (χ3v) is 4.23. The zero-order chi connectivity index (χ0) is 14.8. The summed E-state index contributed by atoms with van der Waals surface area (Å²) in [5, 5.41) is 15.6. The van der Waals surface area contributed by atoms with Gasteiger partial charge in [-0.25, -0.2) is 4.98 Å². The van der Waals surface area contributed by atoms with E-state index < -0.39 is 5.97 Å². The number of piperidine rings is 1.